The van der Waals surface area contributed by atoms with Crippen molar-refractivity contribution in [1.29, 1.82) is 0 Å². The van der Waals surface area contributed by atoms with E-state index in [9.17, 15) is 9.90 Å². The molecule has 0 unspecified atom stereocenters. The van der Waals surface area contributed by atoms with Crippen LogP contribution in [0.4, 0.5) is 0 Å². The smallest absolute Gasteiger partial charge is 0.251 e. The predicted octanol–water partition coefficient (Wildman–Crippen LogP) is 1.31. The number of carbonyl (C=O) groups excluding carboxylic acids is 1. The van der Waals surface area contributed by atoms with Crippen molar-refractivity contribution in [3.05, 3.63) is 0 Å². The average molecular weight is 187 g/mol. The molecule has 0 aliphatic carbocycles. The molecule has 0 heterocycles. The van der Waals surface area contributed by atoms with Crippen LogP contribution in [0.3, 0.4) is 0 Å². The molecule has 3 heteroatoms. The summed E-state index contributed by atoms with van der Waals surface area (Å²) < 4.78 is 0. The van der Waals surface area contributed by atoms with Gasteiger partial charge in [-0.25, -0.2) is 0 Å². The Kier molecular flexibility index (Phi) is 4.99. The molecular formula is C10H21NO2. The van der Waals surface area contributed by atoms with Crippen molar-refractivity contribution in [2.45, 2.75) is 46.1 Å². The van der Waals surface area contributed by atoms with E-state index in [0.29, 0.717) is 12.5 Å². The lowest BCUT2D eigenvalue weighted by Crippen LogP contribution is -2.43. The SMILES string of the molecule is CCC(CC)CNC(=O)C(C)(C)O. The summed E-state index contributed by atoms with van der Waals surface area (Å²) in [6.07, 6.45) is 2.12. The van der Waals surface area contributed by atoms with Gasteiger partial charge in [0.25, 0.3) is 5.91 Å². The molecule has 0 aromatic rings. The summed E-state index contributed by atoms with van der Waals surface area (Å²) in [6.45, 7) is 7.86. The number of nitrogens with one attached hydrogen (secondary N) is 1. The molecule has 2 N–H and O–H groups in total. The Balaban J connectivity index is 3.82. The molecule has 13 heavy (non-hydrogen) atoms. The van der Waals surface area contributed by atoms with E-state index in [-0.39, 0.29) is 5.91 Å². The largest absolute Gasteiger partial charge is 0.381 e. The van der Waals surface area contributed by atoms with Crippen LogP contribution in [-0.4, -0.2) is 23.2 Å². The third kappa shape index (κ3) is 4.88. The first-order valence-electron chi connectivity index (χ1n) is 4.92. The van der Waals surface area contributed by atoms with Crippen LogP contribution in [0, 0.1) is 5.92 Å². The number of amides is 1. The second kappa shape index (κ2) is 5.22. The van der Waals surface area contributed by atoms with Crippen molar-refractivity contribution >= 4 is 5.91 Å². The Bertz CT molecular complexity index is 157. The first kappa shape index (κ1) is 12.4. The van der Waals surface area contributed by atoms with E-state index in [1.54, 1.807) is 0 Å². The van der Waals surface area contributed by atoms with Gasteiger partial charge in [0.05, 0.1) is 0 Å². The quantitative estimate of drug-likeness (QED) is 0.681. The van der Waals surface area contributed by atoms with Gasteiger partial charge in [-0.3, -0.25) is 4.79 Å². The zero-order valence-electron chi connectivity index (χ0n) is 9.05. The molecule has 0 aromatic carbocycles. The zero-order chi connectivity index (χ0) is 10.5. The number of rotatable bonds is 5. The van der Waals surface area contributed by atoms with E-state index in [1.165, 1.54) is 13.8 Å². The van der Waals surface area contributed by atoms with Gasteiger partial charge >= 0.3 is 0 Å². The molecular weight excluding hydrogens is 166 g/mol. The van der Waals surface area contributed by atoms with Crippen LogP contribution in [0.5, 0.6) is 0 Å². The van der Waals surface area contributed by atoms with Crippen LogP contribution >= 0.6 is 0 Å². The number of carbonyl (C=O) groups is 1. The third-order valence-corrected chi connectivity index (χ3v) is 2.26. The van der Waals surface area contributed by atoms with Gasteiger partial charge in [-0.2, -0.15) is 0 Å². The van der Waals surface area contributed by atoms with Gasteiger partial charge in [-0.15, -0.1) is 0 Å². The molecule has 0 saturated heterocycles. The predicted molar refractivity (Wildman–Crippen MR) is 53.4 cm³/mol. The maximum absolute atomic E-state index is 11.2. The third-order valence-electron chi connectivity index (χ3n) is 2.26. The molecule has 1 amide bonds. The highest BCUT2D eigenvalue weighted by atomic mass is 16.3. The van der Waals surface area contributed by atoms with E-state index in [2.05, 4.69) is 19.2 Å². The van der Waals surface area contributed by atoms with Gasteiger partial charge in [0.2, 0.25) is 0 Å². The van der Waals surface area contributed by atoms with Crippen molar-refractivity contribution in [3.63, 3.8) is 0 Å². The van der Waals surface area contributed by atoms with E-state index < -0.39 is 5.60 Å². The van der Waals surface area contributed by atoms with Crippen molar-refractivity contribution in [2.75, 3.05) is 6.54 Å². The van der Waals surface area contributed by atoms with Crippen LogP contribution in [0.1, 0.15) is 40.5 Å². The highest BCUT2D eigenvalue weighted by molar-refractivity contribution is 5.83. The molecule has 0 rings (SSSR count). The molecule has 0 aliphatic heterocycles. The molecule has 3 nitrogen and oxygen atoms in total. The first-order chi connectivity index (χ1) is 5.91. The Morgan fingerprint density at radius 1 is 1.38 bits per heavy atom. The minimum absolute atomic E-state index is 0.292. The molecule has 0 fully saturated rings. The fourth-order valence-electron chi connectivity index (χ4n) is 1.03. The lowest BCUT2D eigenvalue weighted by molar-refractivity contribution is -0.136. The second-order valence-electron chi connectivity index (χ2n) is 3.95. The summed E-state index contributed by atoms with van der Waals surface area (Å²) >= 11 is 0. The summed E-state index contributed by atoms with van der Waals surface area (Å²) in [5.41, 5.74) is -1.26. The molecule has 0 bridgehead atoms. The van der Waals surface area contributed by atoms with Gasteiger partial charge in [-0.1, -0.05) is 26.7 Å². The number of hydrogen-bond acceptors (Lipinski definition) is 2. The summed E-state index contributed by atoms with van der Waals surface area (Å²) in [5, 5.41) is 12.1. The van der Waals surface area contributed by atoms with Crippen LogP contribution in [0.25, 0.3) is 0 Å². The van der Waals surface area contributed by atoms with Gasteiger partial charge in [-0.05, 0) is 19.8 Å². The Hall–Kier alpha value is -0.570. The Morgan fingerprint density at radius 3 is 2.15 bits per heavy atom. The van der Waals surface area contributed by atoms with E-state index in [1.807, 2.05) is 0 Å². The maximum Gasteiger partial charge on any atom is 0.251 e. The van der Waals surface area contributed by atoms with Crippen molar-refractivity contribution in [1.82, 2.24) is 5.32 Å². The minimum Gasteiger partial charge on any atom is -0.381 e. The van der Waals surface area contributed by atoms with Crippen LogP contribution < -0.4 is 5.32 Å². The molecule has 0 spiro atoms. The summed E-state index contributed by atoms with van der Waals surface area (Å²) in [6, 6.07) is 0. The average Bonchev–Trinajstić information content (AvgIpc) is 2.04. The molecule has 0 atom stereocenters. The minimum atomic E-state index is -1.26. The molecule has 0 aromatic heterocycles. The fraction of sp³-hybridized carbons (Fsp3) is 0.900. The van der Waals surface area contributed by atoms with Gasteiger partial charge in [0, 0.05) is 6.54 Å². The second-order valence-corrected chi connectivity index (χ2v) is 3.95. The monoisotopic (exact) mass is 187 g/mol. The van der Waals surface area contributed by atoms with Crippen molar-refractivity contribution in [2.24, 2.45) is 5.92 Å². The topological polar surface area (TPSA) is 49.3 Å². The van der Waals surface area contributed by atoms with Gasteiger partial charge < -0.3 is 10.4 Å². The van der Waals surface area contributed by atoms with Crippen LogP contribution in [0.2, 0.25) is 0 Å². The lowest BCUT2D eigenvalue weighted by Gasteiger charge is -2.19. The van der Waals surface area contributed by atoms with Gasteiger partial charge in [0.15, 0.2) is 0 Å². The van der Waals surface area contributed by atoms with Crippen LogP contribution in [0.15, 0.2) is 0 Å². The van der Waals surface area contributed by atoms with E-state index in [4.69, 9.17) is 0 Å². The normalized spacial score (nSPS) is 11.8. The van der Waals surface area contributed by atoms with Crippen molar-refractivity contribution < 1.29 is 9.90 Å². The lowest BCUT2D eigenvalue weighted by atomic mass is 10.0. The Morgan fingerprint density at radius 2 is 1.85 bits per heavy atom. The molecule has 0 saturated carbocycles. The van der Waals surface area contributed by atoms with Crippen molar-refractivity contribution in [3.8, 4) is 0 Å². The summed E-state index contributed by atoms with van der Waals surface area (Å²) in [4.78, 5) is 11.2. The molecule has 0 radical (unpaired) electrons. The van der Waals surface area contributed by atoms with E-state index >= 15 is 0 Å². The highest BCUT2D eigenvalue weighted by Gasteiger charge is 2.23. The van der Waals surface area contributed by atoms with E-state index in [0.717, 1.165) is 12.8 Å². The number of aliphatic hydroxyl groups is 1. The zero-order valence-corrected chi connectivity index (χ0v) is 9.05. The standard InChI is InChI=1S/C10H21NO2/c1-5-8(6-2)7-11-9(12)10(3,4)13/h8,13H,5-7H2,1-4H3,(H,11,12). The van der Waals surface area contributed by atoms with Crippen LogP contribution in [-0.2, 0) is 4.79 Å². The molecule has 0 aliphatic rings. The Labute approximate surface area is 80.5 Å². The van der Waals surface area contributed by atoms with Gasteiger partial charge in [0.1, 0.15) is 5.60 Å². The highest BCUT2D eigenvalue weighted by Crippen LogP contribution is 2.06. The maximum atomic E-state index is 11.2. The summed E-state index contributed by atoms with van der Waals surface area (Å²) in [5.74, 6) is 0.228. The number of hydrogen-bond donors (Lipinski definition) is 2. The first-order valence-corrected chi connectivity index (χ1v) is 4.92. The summed E-state index contributed by atoms with van der Waals surface area (Å²) in [7, 11) is 0. The fourth-order valence-corrected chi connectivity index (χ4v) is 1.03. The molecule has 78 valence electrons.